The van der Waals surface area contributed by atoms with Crippen LogP contribution < -0.4 is 0 Å². The van der Waals surface area contributed by atoms with Gasteiger partial charge in [-0.05, 0) is 33.6 Å². The van der Waals surface area contributed by atoms with E-state index in [9.17, 15) is 18.0 Å². The highest BCUT2D eigenvalue weighted by atomic mass is 79.9. The molecule has 0 amide bonds. The third-order valence-corrected chi connectivity index (χ3v) is 3.37. The average molecular weight is 350 g/mol. The lowest BCUT2D eigenvalue weighted by Crippen LogP contribution is -2.13. The van der Waals surface area contributed by atoms with Crippen LogP contribution >= 0.6 is 15.9 Å². The number of ether oxygens (including phenoxy) is 1. The van der Waals surface area contributed by atoms with E-state index in [1.807, 2.05) is 0 Å². The molecule has 1 atom stereocenters. The third-order valence-electron chi connectivity index (χ3n) is 2.77. The summed E-state index contributed by atoms with van der Waals surface area (Å²) in [5.74, 6) is -0.149. The lowest BCUT2D eigenvalue weighted by atomic mass is 10.0. The molecule has 0 aromatic heterocycles. The van der Waals surface area contributed by atoms with Crippen LogP contribution in [0.1, 0.15) is 11.1 Å². The number of carbonyl (C=O) groups is 1. The zero-order chi connectivity index (χ0) is 15.1. The number of hydrogen-bond acceptors (Lipinski definition) is 3. The summed E-state index contributed by atoms with van der Waals surface area (Å²) in [4.78, 5) is 13.6. The number of rotatable bonds is 2. The molecule has 2 rings (SSSR count). The van der Waals surface area contributed by atoms with Gasteiger partial charge in [-0.1, -0.05) is 12.1 Å². The van der Waals surface area contributed by atoms with Crippen molar-refractivity contribution in [2.24, 2.45) is 0 Å². The molecule has 1 aromatic carbocycles. The molecule has 0 bridgehead atoms. The SMILES string of the molecule is CN(C)C1=C(c2cccc(C(F)(F)F)c2)C(=O)C(Br)O1. The van der Waals surface area contributed by atoms with Crippen molar-refractivity contribution in [3.63, 3.8) is 0 Å². The van der Waals surface area contributed by atoms with E-state index < -0.39 is 22.5 Å². The van der Waals surface area contributed by atoms with E-state index in [2.05, 4.69) is 15.9 Å². The summed E-state index contributed by atoms with van der Waals surface area (Å²) in [5.41, 5.74) is -0.468. The van der Waals surface area contributed by atoms with E-state index in [1.54, 1.807) is 19.0 Å². The normalized spacial score (nSPS) is 19.3. The summed E-state index contributed by atoms with van der Waals surface area (Å²) >= 11 is 3.05. The summed E-state index contributed by atoms with van der Waals surface area (Å²) in [5, 5.41) is -0.871. The molecule has 0 N–H and O–H groups in total. The summed E-state index contributed by atoms with van der Waals surface area (Å²) in [6.45, 7) is 0. The van der Waals surface area contributed by atoms with Gasteiger partial charge in [-0.3, -0.25) is 4.79 Å². The maximum absolute atomic E-state index is 12.7. The van der Waals surface area contributed by atoms with Crippen molar-refractivity contribution in [2.45, 2.75) is 11.2 Å². The van der Waals surface area contributed by atoms with Gasteiger partial charge in [0.25, 0.3) is 0 Å². The van der Waals surface area contributed by atoms with Crippen molar-refractivity contribution in [1.29, 1.82) is 0 Å². The van der Waals surface area contributed by atoms with Crippen LogP contribution in [0.15, 0.2) is 30.1 Å². The Morgan fingerprint density at radius 1 is 1.30 bits per heavy atom. The first-order valence-corrected chi connectivity index (χ1v) is 6.57. The molecule has 0 aliphatic carbocycles. The monoisotopic (exact) mass is 349 g/mol. The minimum absolute atomic E-state index is 0.142. The fourth-order valence-corrected chi connectivity index (χ4v) is 2.28. The highest BCUT2D eigenvalue weighted by Gasteiger charge is 2.37. The van der Waals surface area contributed by atoms with Gasteiger partial charge in [-0.25, -0.2) is 0 Å². The van der Waals surface area contributed by atoms with Crippen LogP contribution in [0, 0.1) is 0 Å². The number of Topliss-reactive ketones (excluding diaryl/α,β-unsaturated/α-hetero) is 1. The lowest BCUT2D eigenvalue weighted by molar-refractivity contribution is -0.137. The first kappa shape index (κ1) is 14.9. The van der Waals surface area contributed by atoms with Gasteiger partial charge in [-0.2, -0.15) is 13.2 Å². The summed E-state index contributed by atoms with van der Waals surface area (Å²) in [6.07, 6.45) is -4.45. The number of halogens is 4. The molecular weight excluding hydrogens is 339 g/mol. The molecule has 0 fully saturated rings. The van der Waals surface area contributed by atoms with Crippen LogP contribution in [0.3, 0.4) is 0 Å². The molecular formula is C13H11BrF3NO2. The Balaban J connectivity index is 2.54. The number of nitrogens with zero attached hydrogens (tertiary/aromatic N) is 1. The van der Waals surface area contributed by atoms with Crippen molar-refractivity contribution in [3.05, 3.63) is 41.3 Å². The molecule has 1 aliphatic heterocycles. The van der Waals surface area contributed by atoms with E-state index in [-0.39, 0.29) is 17.0 Å². The van der Waals surface area contributed by atoms with Gasteiger partial charge in [0, 0.05) is 14.1 Å². The van der Waals surface area contributed by atoms with E-state index in [4.69, 9.17) is 4.74 Å². The van der Waals surface area contributed by atoms with Crippen molar-refractivity contribution in [3.8, 4) is 0 Å². The zero-order valence-electron chi connectivity index (χ0n) is 10.7. The lowest BCUT2D eigenvalue weighted by Gasteiger charge is -2.15. The van der Waals surface area contributed by atoms with Crippen LogP contribution in [-0.4, -0.2) is 29.8 Å². The van der Waals surface area contributed by atoms with Crippen molar-refractivity contribution >= 4 is 27.3 Å². The molecule has 0 spiro atoms. The highest BCUT2D eigenvalue weighted by Crippen LogP contribution is 2.36. The topological polar surface area (TPSA) is 29.5 Å². The molecule has 0 saturated heterocycles. The zero-order valence-corrected chi connectivity index (χ0v) is 12.2. The second-order valence-corrected chi connectivity index (χ2v) is 5.28. The molecule has 1 aromatic rings. The number of ketones is 1. The first-order chi connectivity index (χ1) is 9.21. The Labute approximate surface area is 122 Å². The minimum Gasteiger partial charge on any atom is -0.455 e. The Bertz CT molecular complexity index is 581. The summed E-state index contributed by atoms with van der Waals surface area (Å²) in [6, 6.07) is 4.64. The number of hydrogen-bond donors (Lipinski definition) is 0. The van der Waals surface area contributed by atoms with Gasteiger partial charge in [0.15, 0.2) is 0 Å². The maximum Gasteiger partial charge on any atom is 0.416 e. The fourth-order valence-electron chi connectivity index (χ4n) is 1.88. The van der Waals surface area contributed by atoms with Gasteiger partial charge < -0.3 is 9.64 Å². The maximum atomic E-state index is 12.7. The van der Waals surface area contributed by atoms with Crippen molar-refractivity contribution in [1.82, 2.24) is 4.90 Å². The number of carbonyl (C=O) groups excluding carboxylic acids is 1. The van der Waals surface area contributed by atoms with Gasteiger partial charge in [0.1, 0.15) is 0 Å². The van der Waals surface area contributed by atoms with Gasteiger partial charge >= 0.3 is 6.18 Å². The predicted octanol–water partition coefficient (Wildman–Crippen LogP) is 3.26. The van der Waals surface area contributed by atoms with Crippen LogP contribution in [0.5, 0.6) is 0 Å². The Morgan fingerprint density at radius 3 is 2.50 bits per heavy atom. The van der Waals surface area contributed by atoms with E-state index in [1.165, 1.54) is 12.1 Å². The van der Waals surface area contributed by atoms with Crippen LogP contribution in [0.2, 0.25) is 0 Å². The molecule has 0 radical (unpaired) electrons. The van der Waals surface area contributed by atoms with Gasteiger partial charge in [0.2, 0.25) is 16.7 Å². The third kappa shape index (κ3) is 2.67. The van der Waals surface area contributed by atoms with Crippen molar-refractivity contribution < 1.29 is 22.7 Å². The molecule has 7 heteroatoms. The van der Waals surface area contributed by atoms with E-state index >= 15 is 0 Å². The molecule has 1 unspecified atom stereocenters. The number of alkyl halides is 4. The van der Waals surface area contributed by atoms with E-state index in [0.29, 0.717) is 0 Å². The molecule has 20 heavy (non-hydrogen) atoms. The van der Waals surface area contributed by atoms with Gasteiger partial charge in [0.05, 0.1) is 11.1 Å². The number of benzene rings is 1. The Morgan fingerprint density at radius 2 is 1.95 bits per heavy atom. The van der Waals surface area contributed by atoms with Crippen LogP contribution in [0.25, 0.3) is 5.57 Å². The Hall–Kier alpha value is -1.50. The van der Waals surface area contributed by atoms with Gasteiger partial charge in [-0.15, -0.1) is 0 Å². The molecule has 1 heterocycles. The van der Waals surface area contributed by atoms with E-state index in [0.717, 1.165) is 12.1 Å². The van der Waals surface area contributed by atoms with Crippen LogP contribution in [0.4, 0.5) is 13.2 Å². The summed E-state index contributed by atoms with van der Waals surface area (Å²) < 4.78 is 43.5. The predicted molar refractivity (Wildman–Crippen MR) is 70.9 cm³/mol. The first-order valence-electron chi connectivity index (χ1n) is 5.66. The molecule has 0 saturated carbocycles. The fraction of sp³-hybridized carbons (Fsp3) is 0.308. The average Bonchev–Trinajstić information content (AvgIpc) is 2.65. The molecule has 1 aliphatic rings. The quantitative estimate of drug-likeness (QED) is 0.767. The second-order valence-electron chi connectivity index (χ2n) is 4.45. The second kappa shape index (κ2) is 5.12. The molecule has 3 nitrogen and oxygen atoms in total. The Kier molecular flexibility index (Phi) is 3.82. The highest BCUT2D eigenvalue weighted by molar-refractivity contribution is 9.09. The molecule has 108 valence electrons. The largest absolute Gasteiger partial charge is 0.455 e. The van der Waals surface area contributed by atoms with Crippen molar-refractivity contribution in [2.75, 3.05) is 14.1 Å². The van der Waals surface area contributed by atoms with Crippen LogP contribution in [-0.2, 0) is 15.7 Å². The summed E-state index contributed by atoms with van der Waals surface area (Å²) in [7, 11) is 3.31. The smallest absolute Gasteiger partial charge is 0.416 e. The minimum atomic E-state index is -4.45. The standard InChI is InChI=1S/C13H11BrF3NO2/c1-18(2)12-9(10(19)11(14)20-12)7-4-3-5-8(6-7)13(15,16)17/h3-6,11H,1-2H3.